The molecule has 0 aliphatic carbocycles. The highest BCUT2D eigenvalue weighted by Gasteiger charge is 2.19. The first-order valence-corrected chi connectivity index (χ1v) is 8.82. The molecule has 0 radical (unpaired) electrons. The quantitative estimate of drug-likeness (QED) is 0.749. The van der Waals surface area contributed by atoms with E-state index in [1.807, 2.05) is 23.5 Å². The number of thioether (sulfide) groups is 2. The van der Waals surface area contributed by atoms with E-state index in [2.05, 4.69) is 33.0 Å². The minimum atomic E-state index is 0.524. The lowest BCUT2D eigenvalue weighted by Crippen LogP contribution is -2.35. The number of amidine groups is 1. The Morgan fingerprint density at radius 2 is 2.24 bits per heavy atom. The van der Waals surface area contributed by atoms with Crippen LogP contribution in [0.25, 0.3) is 0 Å². The Labute approximate surface area is 115 Å². The molecule has 0 aromatic rings. The molecule has 0 spiro atoms. The molecule has 1 heterocycles. The van der Waals surface area contributed by atoms with E-state index in [4.69, 9.17) is 4.99 Å². The van der Waals surface area contributed by atoms with Crippen LogP contribution in [0.1, 0.15) is 40.5 Å². The van der Waals surface area contributed by atoms with Crippen molar-refractivity contribution < 1.29 is 0 Å². The Kier molecular flexibility index (Phi) is 7.44. The second-order valence-electron chi connectivity index (χ2n) is 4.91. The highest BCUT2D eigenvalue weighted by Crippen LogP contribution is 2.22. The fourth-order valence-electron chi connectivity index (χ4n) is 1.78. The lowest BCUT2D eigenvalue weighted by Gasteiger charge is -2.25. The van der Waals surface area contributed by atoms with Gasteiger partial charge in [-0.2, -0.15) is 11.8 Å². The molecule has 4 heteroatoms. The summed E-state index contributed by atoms with van der Waals surface area (Å²) in [5.41, 5.74) is 0. The second kappa shape index (κ2) is 8.30. The van der Waals surface area contributed by atoms with Gasteiger partial charge >= 0.3 is 0 Å². The normalized spacial score (nSPS) is 22.4. The first kappa shape index (κ1) is 15.2. The van der Waals surface area contributed by atoms with Crippen molar-refractivity contribution >= 4 is 28.7 Å². The zero-order valence-corrected chi connectivity index (χ0v) is 13.2. The molecule has 0 bridgehead atoms. The Balaban J connectivity index is 2.34. The first-order chi connectivity index (χ1) is 8.13. The van der Waals surface area contributed by atoms with Gasteiger partial charge in [0.1, 0.15) is 0 Å². The Hall–Kier alpha value is 0.170. The van der Waals surface area contributed by atoms with Crippen LogP contribution in [-0.2, 0) is 0 Å². The van der Waals surface area contributed by atoms with Gasteiger partial charge in [-0.05, 0) is 37.2 Å². The van der Waals surface area contributed by atoms with Gasteiger partial charge < -0.3 is 5.32 Å². The van der Waals surface area contributed by atoms with Crippen molar-refractivity contribution in [1.29, 1.82) is 0 Å². The maximum absolute atomic E-state index is 4.81. The maximum atomic E-state index is 4.81. The first-order valence-electron chi connectivity index (χ1n) is 6.68. The van der Waals surface area contributed by atoms with Gasteiger partial charge in [0.05, 0.1) is 6.04 Å². The minimum absolute atomic E-state index is 0.524. The summed E-state index contributed by atoms with van der Waals surface area (Å²) in [6.45, 7) is 9.02. The van der Waals surface area contributed by atoms with Crippen molar-refractivity contribution in [2.75, 3.05) is 17.3 Å². The van der Waals surface area contributed by atoms with E-state index in [0.717, 1.165) is 0 Å². The average molecular weight is 274 g/mol. The van der Waals surface area contributed by atoms with Gasteiger partial charge in [-0.3, -0.25) is 4.99 Å². The molecule has 1 rings (SSSR count). The summed E-state index contributed by atoms with van der Waals surface area (Å²) in [6, 6.07) is 1.07. The molecule has 1 aliphatic rings. The van der Waals surface area contributed by atoms with Gasteiger partial charge in [-0.15, -0.1) is 0 Å². The topological polar surface area (TPSA) is 24.4 Å². The van der Waals surface area contributed by atoms with E-state index in [1.165, 1.54) is 35.3 Å². The molecule has 0 fully saturated rings. The average Bonchev–Trinajstić information content (AvgIpc) is 2.29. The Morgan fingerprint density at radius 3 is 2.88 bits per heavy atom. The van der Waals surface area contributed by atoms with Crippen LogP contribution in [0.2, 0.25) is 0 Å². The standard InChI is InChI=1S/C13H26N2S2/c1-5-16-8-6-11(4)14-13-15-12(10(2)3)7-9-17-13/h10-12H,5-9H2,1-4H3,(H,14,15). The summed E-state index contributed by atoms with van der Waals surface area (Å²) in [5.74, 6) is 4.35. The fraction of sp³-hybridized carbons (Fsp3) is 0.923. The van der Waals surface area contributed by atoms with Crippen LogP contribution in [0.5, 0.6) is 0 Å². The predicted octanol–water partition coefficient (Wildman–Crippen LogP) is 3.63. The third-order valence-electron chi connectivity index (χ3n) is 2.97. The highest BCUT2D eigenvalue weighted by atomic mass is 32.2. The van der Waals surface area contributed by atoms with Crippen LogP contribution < -0.4 is 5.32 Å². The van der Waals surface area contributed by atoms with Gasteiger partial charge in [0.15, 0.2) is 5.17 Å². The van der Waals surface area contributed by atoms with Crippen LogP contribution in [0.4, 0.5) is 0 Å². The minimum Gasteiger partial charge on any atom is -0.362 e. The monoisotopic (exact) mass is 274 g/mol. The summed E-state index contributed by atoms with van der Waals surface area (Å²) in [5, 5.41) is 4.73. The number of hydrogen-bond donors (Lipinski definition) is 1. The third-order valence-corrected chi connectivity index (χ3v) is 4.84. The molecule has 0 amide bonds. The molecule has 1 N–H and O–H groups in total. The van der Waals surface area contributed by atoms with Gasteiger partial charge in [0.2, 0.25) is 0 Å². The van der Waals surface area contributed by atoms with E-state index in [0.29, 0.717) is 18.0 Å². The summed E-state index contributed by atoms with van der Waals surface area (Å²) in [7, 11) is 0. The van der Waals surface area contributed by atoms with E-state index in [-0.39, 0.29) is 0 Å². The maximum Gasteiger partial charge on any atom is 0.157 e. The van der Waals surface area contributed by atoms with Crippen molar-refractivity contribution in [2.24, 2.45) is 10.9 Å². The summed E-state index contributed by atoms with van der Waals surface area (Å²) < 4.78 is 0. The van der Waals surface area contributed by atoms with E-state index in [1.54, 1.807) is 0 Å². The van der Waals surface area contributed by atoms with Crippen LogP contribution >= 0.6 is 23.5 Å². The van der Waals surface area contributed by atoms with Crippen LogP contribution in [-0.4, -0.2) is 34.5 Å². The smallest absolute Gasteiger partial charge is 0.157 e. The Morgan fingerprint density at radius 1 is 1.47 bits per heavy atom. The summed E-state index contributed by atoms with van der Waals surface area (Å²) in [6.07, 6.45) is 2.46. The number of nitrogens with zero attached hydrogens (tertiary/aromatic N) is 1. The second-order valence-corrected chi connectivity index (χ2v) is 7.39. The zero-order chi connectivity index (χ0) is 12.7. The van der Waals surface area contributed by atoms with Crippen molar-refractivity contribution in [3.05, 3.63) is 0 Å². The molecule has 0 saturated carbocycles. The molecular formula is C13H26N2S2. The largest absolute Gasteiger partial charge is 0.362 e. The molecule has 17 heavy (non-hydrogen) atoms. The lowest BCUT2D eigenvalue weighted by molar-refractivity contribution is 0.481. The van der Waals surface area contributed by atoms with Crippen LogP contribution in [0.3, 0.4) is 0 Å². The van der Waals surface area contributed by atoms with E-state index < -0.39 is 0 Å². The van der Waals surface area contributed by atoms with E-state index in [9.17, 15) is 0 Å². The molecule has 2 atom stereocenters. The van der Waals surface area contributed by atoms with Gasteiger partial charge in [0, 0.05) is 11.8 Å². The molecule has 0 saturated heterocycles. The number of aliphatic imine (C=N–C) groups is 1. The summed E-state index contributed by atoms with van der Waals surface area (Å²) >= 11 is 3.90. The van der Waals surface area contributed by atoms with Crippen molar-refractivity contribution in [3.63, 3.8) is 0 Å². The van der Waals surface area contributed by atoms with Crippen molar-refractivity contribution in [2.45, 2.75) is 52.6 Å². The number of hydrogen-bond acceptors (Lipinski definition) is 4. The molecule has 0 aromatic carbocycles. The van der Waals surface area contributed by atoms with Gasteiger partial charge in [-0.1, -0.05) is 32.5 Å². The number of nitrogens with one attached hydrogen (secondary N) is 1. The predicted molar refractivity (Wildman–Crippen MR) is 83.3 cm³/mol. The highest BCUT2D eigenvalue weighted by molar-refractivity contribution is 8.13. The fourth-order valence-corrected chi connectivity index (χ4v) is 3.63. The Bertz CT molecular complexity index is 242. The van der Waals surface area contributed by atoms with Crippen LogP contribution in [0, 0.1) is 5.92 Å². The SMILES string of the molecule is CCSCCC(C)NC1=NC(C(C)C)CCS1. The van der Waals surface area contributed by atoms with Gasteiger partial charge in [-0.25, -0.2) is 0 Å². The molecule has 100 valence electrons. The lowest BCUT2D eigenvalue weighted by atomic mass is 10.0. The molecule has 0 aromatic heterocycles. The van der Waals surface area contributed by atoms with Crippen molar-refractivity contribution in [3.8, 4) is 0 Å². The molecule has 2 nitrogen and oxygen atoms in total. The number of rotatable bonds is 6. The van der Waals surface area contributed by atoms with Crippen LogP contribution in [0.15, 0.2) is 4.99 Å². The summed E-state index contributed by atoms with van der Waals surface area (Å²) in [4.78, 5) is 4.81. The molecule has 2 unspecified atom stereocenters. The zero-order valence-electron chi connectivity index (χ0n) is 11.5. The third kappa shape index (κ3) is 6.05. The van der Waals surface area contributed by atoms with Gasteiger partial charge in [0.25, 0.3) is 0 Å². The van der Waals surface area contributed by atoms with Crippen molar-refractivity contribution in [1.82, 2.24) is 5.32 Å². The van der Waals surface area contributed by atoms with E-state index >= 15 is 0 Å². The molecule has 1 aliphatic heterocycles. The molecular weight excluding hydrogens is 248 g/mol.